The molecule has 0 aliphatic carbocycles. The Bertz CT molecular complexity index is 535. The number of hydrogen-bond donors (Lipinski definition) is 1. The Morgan fingerprint density at radius 1 is 1.53 bits per heavy atom. The number of nitrogens with one attached hydrogen (secondary N) is 1. The van der Waals surface area contributed by atoms with Gasteiger partial charge in [0.15, 0.2) is 0 Å². The molecule has 0 radical (unpaired) electrons. The Morgan fingerprint density at radius 2 is 2.27 bits per heavy atom. The number of hydrogen-bond acceptors (Lipinski definition) is 2. The number of carbonyl (C=O) groups excluding carboxylic acids is 1. The Balaban J connectivity index is 2.66. The molecule has 3 nitrogen and oxygen atoms in total. The standard InChI is InChI=1S/C10H7BrFNO2/c1-15-10(14)7-4-5-2-3-6(12)8(11)9(5)13-7/h2-4,13H,1H3. The van der Waals surface area contributed by atoms with E-state index < -0.39 is 5.97 Å². The molecule has 1 aromatic carbocycles. The predicted octanol–water partition coefficient (Wildman–Crippen LogP) is 2.86. The number of H-pyrrole nitrogens is 1. The lowest BCUT2D eigenvalue weighted by Gasteiger charge is -1.95. The third-order valence-electron chi connectivity index (χ3n) is 2.09. The Hall–Kier alpha value is -1.36. The van der Waals surface area contributed by atoms with E-state index in [0.29, 0.717) is 15.7 Å². The van der Waals surface area contributed by atoms with Gasteiger partial charge in [-0.2, -0.15) is 0 Å². The van der Waals surface area contributed by atoms with Gasteiger partial charge in [-0.1, -0.05) is 0 Å². The molecule has 2 aromatic rings. The zero-order valence-electron chi connectivity index (χ0n) is 7.80. The van der Waals surface area contributed by atoms with Crippen molar-refractivity contribution in [3.05, 3.63) is 34.2 Å². The number of methoxy groups -OCH3 is 1. The van der Waals surface area contributed by atoms with Crippen LogP contribution in [0.25, 0.3) is 10.9 Å². The minimum absolute atomic E-state index is 0.304. The van der Waals surface area contributed by atoms with Crippen LogP contribution >= 0.6 is 15.9 Å². The molecular formula is C10H7BrFNO2. The molecule has 0 bridgehead atoms. The van der Waals surface area contributed by atoms with E-state index in [1.807, 2.05) is 0 Å². The Morgan fingerprint density at radius 3 is 2.93 bits per heavy atom. The molecule has 1 heterocycles. The fraction of sp³-hybridized carbons (Fsp3) is 0.100. The highest BCUT2D eigenvalue weighted by atomic mass is 79.9. The molecule has 0 amide bonds. The third kappa shape index (κ3) is 1.63. The molecule has 0 spiro atoms. The van der Waals surface area contributed by atoms with E-state index in [2.05, 4.69) is 25.7 Å². The third-order valence-corrected chi connectivity index (χ3v) is 2.87. The Kier molecular flexibility index (Phi) is 2.48. The van der Waals surface area contributed by atoms with Crippen molar-refractivity contribution in [3.8, 4) is 0 Å². The summed E-state index contributed by atoms with van der Waals surface area (Å²) < 4.78 is 18.0. The summed E-state index contributed by atoms with van der Waals surface area (Å²) in [6.45, 7) is 0. The molecule has 0 atom stereocenters. The topological polar surface area (TPSA) is 42.1 Å². The van der Waals surface area contributed by atoms with Crippen molar-refractivity contribution in [2.45, 2.75) is 0 Å². The number of fused-ring (bicyclic) bond motifs is 1. The fourth-order valence-corrected chi connectivity index (χ4v) is 1.82. The van der Waals surface area contributed by atoms with Gasteiger partial charge < -0.3 is 9.72 Å². The van der Waals surface area contributed by atoms with Gasteiger partial charge in [-0.05, 0) is 34.1 Å². The van der Waals surface area contributed by atoms with Crippen LogP contribution in [-0.2, 0) is 4.74 Å². The van der Waals surface area contributed by atoms with Crippen LogP contribution in [0.4, 0.5) is 4.39 Å². The molecule has 78 valence electrons. The molecule has 5 heteroatoms. The smallest absolute Gasteiger partial charge is 0.354 e. The monoisotopic (exact) mass is 271 g/mol. The van der Waals surface area contributed by atoms with E-state index in [9.17, 15) is 9.18 Å². The highest BCUT2D eigenvalue weighted by Gasteiger charge is 2.12. The van der Waals surface area contributed by atoms with Crippen LogP contribution < -0.4 is 0 Å². The zero-order valence-corrected chi connectivity index (χ0v) is 9.39. The largest absolute Gasteiger partial charge is 0.464 e. The molecule has 0 unspecified atom stereocenters. The van der Waals surface area contributed by atoms with Gasteiger partial charge >= 0.3 is 5.97 Å². The minimum Gasteiger partial charge on any atom is -0.464 e. The quantitative estimate of drug-likeness (QED) is 0.811. The van der Waals surface area contributed by atoms with Gasteiger partial charge in [0, 0.05) is 5.39 Å². The van der Waals surface area contributed by atoms with Crippen LogP contribution in [0.3, 0.4) is 0 Å². The van der Waals surface area contributed by atoms with Crippen molar-refractivity contribution in [2.24, 2.45) is 0 Å². The van der Waals surface area contributed by atoms with E-state index >= 15 is 0 Å². The molecule has 2 rings (SSSR count). The highest BCUT2D eigenvalue weighted by Crippen LogP contribution is 2.26. The number of aromatic amines is 1. The number of ether oxygens (including phenoxy) is 1. The van der Waals surface area contributed by atoms with Crippen LogP contribution in [-0.4, -0.2) is 18.1 Å². The van der Waals surface area contributed by atoms with E-state index in [-0.39, 0.29) is 5.82 Å². The first-order valence-corrected chi connectivity index (χ1v) is 4.98. The number of esters is 1. The average Bonchev–Trinajstić information content (AvgIpc) is 2.67. The maximum absolute atomic E-state index is 13.2. The van der Waals surface area contributed by atoms with Crippen LogP contribution in [0.5, 0.6) is 0 Å². The summed E-state index contributed by atoms with van der Waals surface area (Å²) >= 11 is 3.11. The number of carbonyl (C=O) groups is 1. The van der Waals surface area contributed by atoms with Gasteiger partial charge in [-0.15, -0.1) is 0 Å². The van der Waals surface area contributed by atoms with Crippen LogP contribution in [0.15, 0.2) is 22.7 Å². The summed E-state index contributed by atoms with van der Waals surface area (Å²) in [6, 6.07) is 4.55. The molecule has 15 heavy (non-hydrogen) atoms. The Labute approximate surface area is 93.4 Å². The molecular weight excluding hydrogens is 265 g/mol. The van der Waals surface area contributed by atoms with Gasteiger partial charge in [0.2, 0.25) is 0 Å². The minimum atomic E-state index is -0.474. The van der Waals surface area contributed by atoms with Crippen molar-refractivity contribution in [2.75, 3.05) is 7.11 Å². The number of halogens is 2. The second kappa shape index (κ2) is 3.66. The van der Waals surface area contributed by atoms with Crippen molar-refractivity contribution in [1.82, 2.24) is 4.98 Å². The van der Waals surface area contributed by atoms with Crippen LogP contribution in [0.1, 0.15) is 10.5 Å². The molecule has 0 aliphatic rings. The van der Waals surface area contributed by atoms with Crippen molar-refractivity contribution >= 4 is 32.8 Å². The first-order valence-electron chi connectivity index (χ1n) is 4.18. The van der Waals surface area contributed by atoms with E-state index in [0.717, 1.165) is 5.39 Å². The predicted molar refractivity (Wildman–Crippen MR) is 57.3 cm³/mol. The second-order valence-corrected chi connectivity index (χ2v) is 3.79. The molecule has 0 saturated carbocycles. The molecule has 1 N–H and O–H groups in total. The zero-order chi connectivity index (χ0) is 11.0. The van der Waals surface area contributed by atoms with Gasteiger partial charge in [0.25, 0.3) is 0 Å². The fourth-order valence-electron chi connectivity index (χ4n) is 1.36. The molecule has 0 fully saturated rings. The summed E-state index contributed by atoms with van der Waals surface area (Å²) in [7, 11) is 1.30. The van der Waals surface area contributed by atoms with Crippen LogP contribution in [0, 0.1) is 5.82 Å². The maximum Gasteiger partial charge on any atom is 0.354 e. The van der Waals surface area contributed by atoms with E-state index in [1.54, 1.807) is 12.1 Å². The van der Waals surface area contributed by atoms with E-state index in [4.69, 9.17) is 0 Å². The lowest BCUT2D eigenvalue weighted by atomic mass is 10.2. The normalized spacial score (nSPS) is 10.6. The average molecular weight is 272 g/mol. The number of rotatable bonds is 1. The maximum atomic E-state index is 13.2. The molecule has 1 aromatic heterocycles. The summed E-state index contributed by atoms with van der Waals surface area (Å²) in [5.74, 6) is -0.848. The number of benzene rings is 1. The first kappa shape index (κ1) is 10.2. The molecule has 0 saturated heterocycles. The summed E-state index contributed by atoms with van der Waals surface area (Å²) in [6.07, 6.45) is 0. The SMILES string of the molecule is COC(=O)c1cc2ccc(F)c(Br)c2[nH]1. The second-order valence-electron chi connectivity index (χ2n) is 3.00. The highest BCUT2D eigenvalue weighted by molar-refractivity contribution is 9.10. The molecule has 0 aliphatic heterocycles. The first-order chi connectivity index (χ1) is 7.13. The van der Waals surface area contributed by atoms with Crippen molar-refractivity contribution < 1.29 is 13.9 Å². The van der Waals surface area contributed by atoms with Crippen LogP contribution in [0.2, 0.25) is 0 Å². The van der Waals surface area contributed by atoms with Crippen molar-refractivity contribution in [1.29, 1.82) is 0 Å². The number of aromatic nitrogens is 1. The van der Waals surface area contributed by atoms with Gasteiger partial charge in [0.1, 0.15) is 11.5 Å². The van der Waals surface area contributed by atoms with Gasteiger partial charge in [-0.3, -0.25) is 0 Å². The summed E-state index contributed by atoms with van der Waals surface area (Å²) in [5.41, 5.74) is 0.856. The van der Waals surface area contributed by atoms with E-state index in [1.165, 1.54) is 13.2 Å². The lowest BCUT2D eigenvalue weighted by molar-refractivity contribution is 0.0595. The van der Waals surface area contributed by atoms with Gasteiger partial charge in [0.05, 0.1) is 17.1 Å². The van der Waals surface area contributed by atoms with Gasteiger partial charge in [-0.25, -0.2) is 9.18 Å². The summed E-state index contributed by atoms with van der Waals surface area (Å²) in [5, 5.41) is 0.753. The lowest BCUT2D eigenvalue weighted by Crippen LogP contribution is -2.00. The van der Waals surface area contributed by atoms with Crippen molar-refractivity contribution in [3.63, 3.8) is 0 Å². The summed E-state index contributed by atoms with van der Waals surface area (Å²) in [4.78, 5) is 14.0.